The van der Waals surface area contributed by atoms with Crippen molar-refractivity contribution >= 4 is 11.9 Å². The Bertz CT molecular complexity index is 1260. The van der Waals surface area contributed by atoms with Crippen molar-refractivity contribution in [1.82, 2.24) is 15.5 Å². The van der Waals surface area contributed by atoms with E-state index in [0.29, 0.717) is 30.4 Å². The number of nitriles is 1. The zero-order valence-corrected chi connectivity index (χ0v) is 22.7. The van der Waals surface area contributed by atoms with Gasteiger partial charge in [-0.2, -0.15) is 5.26 Å². The predicted octanol–water partition coefficient (Wildman–Crippen LogP) is 5.67. The molecule has 1 aliphatic rings. The fourth-order valence-corrected chi connectivity index (χ4v) is 5.50. The number of hydrogen-bond donors (Lipinski definition) is 2. The van der Waals surface area contributed by atoms with E-state index in [1.165, 1.54) is 5.56 Å². The van der Waals surface area contributed by atoms with Crippen LogP contribution in [0, 0.1) is 17.4 Å². The van der Waals surface area contributed by atoms with Gasteiger partial charge in [-0.1, -0.05) is 72.8 Å². The van der Waals surface area contributed by atoms with Crippen LogP contribution in [0.15, 0.2) is 89.9 Å². The molecule has 1 atom stereocenters. The summed E-state index contributed by atoms with van der Waals surface area (Å²) in [6.07, 6.45) is 5.72. The van der Waals surface area contributed by atoms with Crippen molar-refractivity contribution in [2.75, 3.05) is 13.7 Å². The first-order valence-electron chi connectivity index (χ1n) is 13.6. The first-order valence-corrected chi connectivity index (χ1v) is 13.6. The molecule has 0 heterocycles. The molecule has 202 valence electrons. The van der Waals surface area contributed by atoms with Crippen molar-refractivity contribution in [3.05, 3.63) is 102 Å². The Hall–Kier alpha value is -4.31. The molecule has 7 nitrogen and oxygen atoms in total. The van der Waals surface area contributed by atoms with Gasteiger partial charge in [0.05, 0.1) is 18.7 Å². The number of para-hydroxylation sites is 1. The summed E-state index contributed by atoms with van der Waals surface area (Å²) in [5.74, 6) is 1.33. The average molecular weight is 524 g/mol. The molecule has 3 aromatic carbocycles. The molecule has 3 aromatic rings. The number of amides is 1. The van der Waals surface area contributed by atoms with Crippen LogP contribution in [-0.2, 0) is 6.54 Å². The van der Waals surface area contributed by atoms with E-state index in [1.807, 2.05) is 67.7 Å². The Kier molecular flexibility index (Phi) is 9.96. The number of methoxy groups -OCH3 is 1. The largest absolute Gasteiger partial charge is 0.496 e. The lowest BCUT2D eigenvalue weighted by Gasteiger charge is -2.40. The standard InChI is InChI=1S/C32H37N5O2/c1-3-34-32(35-23-33)37(22-24-12-6-4-7-13-24)27-20-18-26(19-21-27)30(25-14-8-5-9-15-25)36-31(38)28-16-10-11-17-29(28)39-2/h4-17,26-27,30H,3,18-22H2,1-2H3,(H,34,35)(H,36,38)/t26-,27+,30?. The summed E-state index contributed by atoms with van der Waals surface area (Å²) >= 11 is 0. The van der Waals surface area contributed by atoms with E-state index >= 15 is 0 Å². The second-order valence-electron chi connectivity index (χ2n) is 9.81. The van der Waals surface area contributed by atoms with Crippen molar-refractivity contribution in [2.45, 2.75) is 51.2 Å². The van der Waals surface area contributed by atoms with E-state index in [-0.39, 0.29) is 23.9 Å². The second kappa shape index (κ2) is 14.0. The van der Waals surface area contributed by atoms with Crippen LogP contribution in [0.5, 0.6) is 5.75 Å². The highest BCUT2D eigenvalue weighted by molar-refractivity contribution is 5.97. The van der Waals surface area contributed by atoms with Gasteiger partial charge in [-0.05, 0) is 61.8 Å². The van der Waals surface area contributed by atoms with E-state index in [4.69, 9.17) is 4.74 Å². The molecule has 0 aliphatic heterocycles. The zero-order valence-electron chi connectivity index (χ0n) is 22.7. The minimum atomic E-state index is -0.135. The summed E-state index contributed by atoms with van der Waals surface area (Å²) in [5.41, 5.74) is 2.81. The maximum Gasteiger partial charge on any atom is 0.255 e. The van der Waals surface area contributed by atoms with Gasteiger partial charge in [0.1, 0.15) is 5.75 Å². The van der Waals surface area contributed by atoms with Crippen LogP contribution in [0.25, 0.3) is 0 Å². The highest BCUT2D eigenvalue weighted by Gasteiger charge is 2.33. The molecule has 1 unspecified atom stereocenters. The van der Waals surface area contributed by atoms with E-state index in [0.717, 1.165) is 31.2 Å². The topological polar surface area (TPSA) is 89.8 Å². The minimum Gasteiger partial charge on any atom is -0.496 e. The molecule has 1 saturated carbocycles. The van der Waals surface area contributed by atoms with Crippen molar-refractivity contribution in [2.24, 2.45) is 10.9 Å². The molecule has 4 rings (SSSR count). The number of guanidine groups is 1. The molecule has 1 fully saturated rings. The van der Waals surface area contributed by atoms with E-state index in [2.05, 4.69) is 44.8 Å². The Labute approximate surface area is 231 Å². The third-order valence-electron chi connectivity index (χ3n) is 7.41. The number of nitrogens with zero attached hydrogens (tertiary/aromatic N) is 3. The van der Waals surface area contributed by atoms with Crippen LogP contribution in [0.3, 0.4) is 0 Å². The maximum absolute atomic E-state index is 13.4. The summed E-state index contributed by atoms with van der Waals surface area (Å²) in [6.45, 7) is 3.38. The Morgan fingerprint density at radius 1 is 1.00 bits per heavy atom. The van der Waals surface area contributed by atoms with Gasteiger partial charge < -0.3 is 20.3 Å². The number of carbonyl (C=O) groups excluding carboxylic acids is 1. The van der Waals surface area contributed by atoms with Crippen LogP contribution >= 0.6 is 0 Å². The Balaban J connectivity index is 1.54. The third kappa shape index (κ3) is 7.17. The number of ether oxygens (including phenoxy) is 1. The van der Waals surface area contributed by atoms with Crippen molar-refractivity contribution < 1.29 is 9.53 Å². The first-order chi connectivity index (χ1) is 19.1. The molecular formula is C32H37N5O2. The number of nitrogens with one attached hydrogen (secondary N) is 2. The van der Waals surface area contributed by atoms with Crippen LogP contribution < -0.4 is 15.4 Å². The second-order valence-corrected chi connectivity index (χ2v) is 9.81. The summed E-state index contributed by atoms with van der Waals surface area (Å²) in [6, 6.07) is 27.9. The van der Waals surface area contributed by atoms with Crippen LogP contribution in [-0.4, -0.2) is 36.5 Å². The molecule has 7 heteroatoms. The van der Waals surface area contributed by atoms with Gasteiger partial charge in [-0.15, -0.1) is 4.99 Å². The maximum atomic E-state index is 13.4. The van der Waals surface area contributed by atoms with Crippen molar-refractivity contribution in [3.63, 3.8) is 0 Å². The van der Waals surface area contributed by atoms with Gasteiger partial charge in [-0.3, -0.25) is 4.79 Å². The van der Waals surface area contributed by atoms with Crippen LogP contribution in [0.4, 0.5) is 0 Å². The quantitative estimate of drug-likeness (QED) is 0.214. The predicted molar refractivity (Wildman–Crippen MR) is 154 cm³/mol. The molecule has 0 bridgehead atoms. The lowest BCUT2D eigenvalue weighted by Crippen LogP contribution is -2.48. The zero-order chi connectivity index (χ0) is 27.5. The molecule has 0 spiro atoms. The number of carbonyl (C=O) groups is 1. The number of rotatable bonds is 9. The molecular weight excluding hydrogens is 486 g/mol. The molecule has 2 N–H and O–H groups in total. The van der Waals surface area contributed by atoms with Gasteiger partial charge in [0.25, 0.3) is 5.91 Å². The van der Waals surface area contributed by atoms with Gasteiger partial charge in [0.2, 0.25) is 12.2 Å². The monoisotopic (exact) mass is 523 g/mol. The lowest BCUT2D eigenvalue weighted by molar-refractivity contribution is 0.0898. The molecule has 0 saturated heterocycles. The fourth-order valence-electron chi connectivity index (χ4n) is 5.50. The molecule has 39 heavy (non-hydrogen) atoms. The van der Waals surface area contributed by atoms with Crippen LogP contribution in [0.1, 0.15) is 60.1 Å². The highest BCUT2D eigenvalue weighted by Crippen LogP contribution is 2.37. The van der Waals surface area contributed by atoms with Crippen molar-refractivity contribution in [3.8, 4) is 11.9 Å². The Morgan fingerprint density at radius 2 is 1.64 bits per heavy atom. The lowest BCUT2D eigenvalue weighted by atomic mass is 9.78. The van der Waals surface area contributed by atoms with Crippen LogP contribution in [0.2, 0.25) is 0 Å². The smallest absolute Gasteiger partial charge is 0.255 e. The molecule has 0 aromatic heterocycles. The third-order valence-corrected chi connectivity index (χ3v) is 7.41. The van der Waals surface area contributed by atoms with Gasteiger partial charge in [0, 0.05) is 19.1 Å². The first kappa shape index (κ1) is 27.7. The average Bonchev–Trinajstić information content (AvgIpc) is 2.99. The minimum absolute atomic E-state index is 0.117. The van der Waals surface area contributed by atoms with Gasteiger partial charge in [-0.25, -0.2) is 0 Å². The van der Waals surface area contributed by atoms with E-state index in [1.54, 1.807) is 13.2 Å². The van der Waals surface area contributed by atoms with Gasteiger partial charge >= 0.3 is 0 Å². The van der Waals surface area contributed by atoms with Crippen molar-refractivity contribution in [1.29, 1.82) is 5.26 Å². The van der Waals surface area contributed by atoms with Gasteiger partial charge in [0.15, 0.2) is 0 Å². The SMILES string of the molecule is CCNC(=NC#N)N(Cc1ccccc1)[C@H]1CC[C@@H](C(NC(=O)c2ccccc2OC)c2ccccc2)CC1. The summed E-state index contributed by atoms with van der Waals surface area (Å²) in [4.78, 5) is 19.8. The number of hydrogen-bond acceptors (Lipinski definition) is 4. The normalized spacial score (nSPS) is 17.9. The fraction of sp³-hybridized carbons (Fsp3) is 0.344. The highest BCUT2D eigenvalue weighted by atomic mass is 16.5. The number of benzene rings is 3. The number of aliphatic imine (C=N–C) groups is 1. The van der Waals surface area contributed by atoms with E-state index in [9.17, 15) is 10.1 Å². The molecule has 1 amide bonds. The molecule has 0 radical (unpaired) electrons. The van der Waals surface area contributed by atoms with E-state index < -0.39 is 0 Å². The molecule has 1 aliphatic carbocycles. The summed E-state index contributed by atoms with van der Waals surface area (Å²) in [7, 11) is 1.58. The summed E-state index contributed by atoms with van der Waals surface area (Å²) in [5, 5.41) is 16.0. The Morgan fingerprint density at radius 3 is 2.28 bits per heavy atom. The summed E-state index contributed by atoms with van der Waals surface area (Å²) < 4.78 is 5.44.